The average Bonchev–Trinajstić information content (AvgIpc) is 3.25. The first kappa shape index (κ1) is 22.1. The summed E-state index contributed by atoms with van der Waals surface area (Å²) < 4.78 is 9.18. The highest BCUT2D eigenvalue weighted by atomic mass is 16.5. The van der Waals surface area contributed by atoms with Gasteiger partial charge in [0.15, 0.2) is 5.52 Å². The number of amides is 1. The molecule has 170 valence electrons. The standard InChI is InChI=1S/C24H25N5O4/c1-4-27-14-20-22(26-27)23(31)29(13-17-10-8-16(2)9-11-17)24(32)28(20)15-21(30)25-18-6-5-7-19(12-18)33-3/h5-12,14H,4,13,15H2,1-3H3,(H,25,30). The van der Waals surface area contributed by atoms with E-state index in [0.717, 1.165) is 15.7 Å². The number of ether oxygens (including phenoxy) is 1. The molecule has 2 aromatic heterocycles. The van der Waals surface area contributed by atoms with Gasteiger partial charge < -0.3 is 10.1 Å². The summed E-state index contributed by atoms with van der Waals surface area (Å²) in [6.07, 6.45) is 1.62. The molecule has 0 atom stereocenters. The fourth-order valence-electron chi connectivity index (χ4n) is 3.60. The van der Waals surface area contributed by atoms with Crippen molar-refractivity contribution in [2.75, 3.05) is 12.4 Å². The third-order valence-electron chi connectivity index (χ3n) is 5.38. The molecular weight excluding hydrogens is 422 g/mol. The quantitative estimate of drug-likeness (QED) is 0.469. The number of carbonyl (C=O) groups excluding carboxylic acids is 1. The molecule has 4 rings (SSSR count). The van der Waals surface area contributed by atoms with E-state index >= 15 is 0 Å². The van der Waals surface area contributed by atoms with Crippen LogP contribution in [0.4, 0.5) is 5.69 Å². The highest BCUT2D eigenvalue weighted by Crippen LogP contribution is 2.17. The number of nitrogens with one attached hydrogen (secondary N) is 1. The van der Waals surface area contributed by atoms with Crippen LogP contribution < -0.4 is 21.3 Å². The second kappa shape index (κ2) is 9.15. The summed E-state index contributed by atoms with van der Waals surface area (Å²) in [6.45, 7) is 4.19. The minimum absolute atomic E-state index is 0.0877. The van der Waals surface area contributed by atoms with Crippen LogP contribution in [0.3, 0.4) is 0 Å². The van der Waals surface area contributed by atoms with Gasteiger partial charge >= 0.3 is 5.69 Å². The number of aryl methyl sites for hydroxylation is 2. The molecule has 2 heterocycles. The minimum atomic E-state index is -0.565. The predicted octanol–water partition coefficient (Wildman–Crippen LogP) is 2.38. The maximum atomic E-state index is 13.3. The van der Waals surface area contributed by atoms with E-state index < -0.39 is 17.2 Å². The Hall–Kier alpha value is -4.14. The number of nitrogens with zero attached hydrogens (tertiary/aromatic N) is 4. The maximum Gasteiger partial charge on any atom is 0.332 e. The number of rotatable bonds is 7. The van der Waals surface area contributed by atoms with E-state index in [0.29, 0.717) is 23.5 Å². The van der Waals surface area contributed by atoms with Gasteiger partial charge in [0.2, 0.25) is 5.91 Å². The lowest BCUT2D eigenvalue weighted by molar-refractivity contribution is -0.116. The smallest absolute Gasteiger partial charge is 0.332 e. The van der Waals surface area contributed by atoms with Crippen LogP contribution in [-0.4, -0.2) is 31.9 Å². The van der Waals surface area contributed by atoms with Crippen LogP contribution in [-0.2, 0) is 24.4 Å². The largest absolute Gasteiger partial charge is 0.497 e. The number of fused-ring (bicyclic) bond motifs is 1. The van der Waals surface area contributed by atoms with Gasteiger partial charge in [-0.05, 0) is 31.5 Å². The van der Waals surface area contributed by atoms with Crippen LogP contribution in [0.15, 0.2) is 64.3 Å². The number of hydrogen-bond donors (Lipinski definition) is 1. The lowest BCUT2D eigenvalue weighted by Crippen LogP contribution is -2.41. The second-order valence-corrected chi connectivity index (χ2v) is 7.74. The lowest BCUT2D eigenvalue weighted by Gasteiger charge is -2.12. The molecule has 33 heavy (non-hydrogen) atoms. The third-order valence-corrected chi connectivity index (χ3v) is 5.38. The van der Waals surface area contributed by atoms with E-state index in [4.69, 9.17) is 4.74 Å². The van der Waals surface area contributed by atoms with Crippen molar-refractivity contribution in [3.63, 3.8) is 0 Å². The molecule has 9 heteroatoms. The summed E-state index contributed by atoms with van der Waals surface area (Å²) >= 11 is 0. The number of hydrogen-bond acceptors (Lipinski definition) is 5. The van der Waals surface area contributed by atoms with Crippen molar-refractivity contribution in [1.29, 1.82) is 0 Å². The molecular formula is C24H25N5O4. The van der Waals surface area contributed by atoms with Crippen molar-refractivity contribution >= 4 is 22.6 Å². The Kier molecular flexibility index (Phi) is 6.12. The highest BCUT2D eigenvalue weighted by molar-refractivity contribution is 5.91. The molecule has 0 saturated carbocycles. The first-order chi connectivity index (χ1) is 15.9. The zero-order valence-corrected chi connectivity index (χ0v) is 18.7. The molecule has 0 fully saturated rings. The summed E-state index contributed by atoms with van der Waals surface area (Å²) in [5.74, 6) is 0.194. The van der Waals surface area contributed by atoms with Crippen LogP contribution in [0, 0.1) is 6.92 Å². The van der Waals surface area contributed by atoms with Gasteiger partial charge in [-0.2, -0.15) is 5.10 Å². The third kappa shape index (κ3) is 4.57. The van der Waals surface area contributed by atoms with E-state index in [2.05, 4.69) is 10.4 Å². The van der Waals surface area contributed by atoms with Crippen LogP contribution in [0.5, 0.6) is 5.75 Å². The Bertz CT molecular complexity index is 1430. The summed E-state index contributed by atoms with van der Waals surface area (Å²) in [5.41, 5.74) is 1.86. The average molecular weight is 447 g/mol. The number of carbonyl (C=O) groups is 1. The van der Waals surface area contributed by atoms with Crippen LogP contribution >= 0.6 is 0 Å². The van der Waals surface area contributed by atoms with E-state index in [1.165, 1.54) is 4.57 Å². The Balaban J connectivity index is 1.74. The van der Waals surface area contributed by atoms with E-state index in [1.54, 1.807) is 42.3 Å². The molecule has 0 aliphatic heterocycles. The van der Waals surface area contributed by atoms with Crippen LogP contribution in [0.2, 0.25) is 0 Å². The van der Waals surface area contributed by atoms with Crippen molar-refractivity contribution in [1.82, 2.24) is 18.9 Å². The fraction of sp³-hybridized carbons (Fsp3) is 0.250. The zero-order chi connectivity index (χ0) is 23.5. The molecule has 0 unspecified atom stereocenters. The number of aromatic nitrogens is 4. The van der Waals surface area contributed by atoms with Gasteiger partial charge in [-0.25, -0.2) is 4.79 Å². The topological polar surface area (TPSA) is 100 Å². The summed E-state index contributed by atoms with van der Waals surface area (Å²) in [5, 5.41) is 7.11. The van der Waals surface area contributed by atoms with E-state index in [-0.39, 0.29) is 18.6 Å². The van der Waals surface area contributed by atoms with Crippen molar-refractivity contribution in [2.45, 2.75) is 33.5 Å². The molecule has 4 aromatic rings. The van der Waals surface area contributed by atoms with Gasteiger partial charge in [0.25, 0.3) is 5.56 Å². The van der Waals surface area contributed by atoms with Crippen LogP contribution in [0.25, 0.3) is 11.0 Å². The van der Waals surface area contributed by atoms with E-state index in [9.17, 15) is 14.4 Å². The summed E-state index contributed by atoms with van der Waals surface area (Å²) in [6, 6.07) is 14.5. The molecule has 9 nitrogen and oxygen atoms in total. The molecule has 0 aliphatic carbocycles. The van der Waals surface area contributed by atoms with Gasteiger partial charge in [-0.15, -0.1) is 0 Å². The molecule has 0 spiro atoms. The Morgan fingerprint density at radius 2 is 1.85 bits per heavy atom. The number of methoxy groups -OCH3 is 1. The lowest BCUT2D eigenvalue weighted by atomic mass is 10.1. The Labute approximate surface area is 189 Å². The molecule has 0 aliphatic rings. The van der Waals surface area contributed by atoms with Crippen molar-refractivity contribution in [3.05, 3.63) is 86.7 Å². The van der Waals surface area contributed by atoms with Gasteiger partial charge in [0.1, 0.15) is 12.3 Å². The predicted molar refractivity (Wildman–Crippen MR) is 126 cm³/mol. The molecule has 0 saturated heterocycles. The summed E-state index contributed by atoms with van der Waals surface area (Å²) in [4.78, 5) is 39.3. The number of benzene rings is 2. The fourth-order valence-corrected chi connectivity index (χ4v) is 3.60. The number of anilines is 1. The van der Waals surface area contributed by atoms with Gasteiger partial charge in [-0.1, -0.05) is 35.9 Å². The molecule has 0 bridgehead atoms. The molecule has 2 aromatic carbocycles. The maximum absolute atomic E-state index is 13.3. The normalized spacial score (nSPS) is 11.0. The monoisotopic (exact) mass is 447 g/mol. The summed E-state index contributed by atoms with van der Waals surface area (Å²) in [7, 11) is 1.54. The Morgan fingerprint density at radius 1 is 1.09 bits per heavy atom. The minimum Gasteiger partial charge on any atom is -0.497 e. The van der Waals surface area contributed by atoms with Gasteiger partial charge in [0, 0.05) is 24.5 Å². The van der Waals surface area contributed by atoms with Gasteiger partial charge in [0.05, 0.1) is 19.2 Å². The first-order valence-corrected chi connectivity index (χ1v) is 10.6. The highest BCUT2D eigenvalue weighted by Gasteiger charge is 2.19. The molecule has 1 N–H and O–H groups in total. The zero-order valence-electron chi connectivity index (χ0n) is 18.7. The van der Waals surface area contributed by atoms with Crippen LogP contribution in [0.1, 0.15) is 18.1 Å². The Morgan fingerprint density at radius 3 is 2.55 bits per heavy atom. The van der Waals surface area contributed by atoms with E-state index in [1.807, 2.05) is 38.1 Å². The van der Waals surface area contributed by atoms with Crippen molar-refractivity contribution in [3.8, 4) is 5.75 Å². The molecule has 0 radical (unpaired) electrons. The first-order valence-electron chi connectivity index (χ1n) is 10.6. The van der Waals surface area contributed by atoms with Crippen molar-refractivity contribution in [2.24, 2.45) is 0 Å². The molecule has 1 amide bonds. The van der Waals surface area contributed by atoms with Gasteiger partial charge in [-0.3, -0.25) is 23.4 Å². The SMILES string of the molecule is CCn1cc2c(n1)c(=O)n(Cc1ccc(C)cc1)c(=O)n2CC(=O)Nc1cccc(OC)c1. The van der Waals surface area contributed by atoms with Crippen molar-refractivity contribution < 1.29 is 9.53 Å². The second-order valence-electron chi connectivity index (χ2n) is 7.74.